The van der Waals surface area contributed by atoms with E-state index in [1.54, 1.807) is 12.1 Å². The number of rotatable bonds is 3. The van der Waals surface area contributed by atoms with Crippen LogP contribution in [-0.4, -0.2) is 58.1 Å². The zero-order valence-electron chi connectivity index (χ0n) is 15.2. The molecule has 27 heavy (non-hydrogen) atoms. The van der Waals surface area contributed by atoms with Crippen LogP contribution in [0.5, 0.6) is 0 Å². The lowest BCUT2D eigenvalue weighted by molar-refractivity contribution is -0.136. The van der Waals surface area contributed by atoms with Crippen molar-refractivity contribution in [2.75, 3.05) is 13.1 Å². The first kappa shape index (κ1) is 17.8. The lowest BCUT2D eigenvalue weighted by atomic mass is 10.0. The summed E-state index contributed by atoms with van der Waals surface area (Å²) in [6.45, 7) is 4.07. The second-order valence-corrected chi connectivity index (χ2v) is 7.90. The number of fused-ring (bicyclic) bond motifs is 1. The quantitative estimate of drug-likeness (QED) is 0.725. The molecule has 3 aliphatic heterocycles. The lowest BCUT2D eigenvalue weighted by Crippen LogP contribution is -2.54. The first-order valence-corrected chi connectivity index (χ1v) is 9.11. The fraction of sp³-hybridized carbons (Fsp3) is 0.474. The molecule has 3 heterocycles. The number of benzene rings is 1. The van der Waals surface area contributed by atoms with Gasteiger partial charge in [-0.2, -0.15) is 0 Å². The molecule has 4 amide bonds. The largest absolute Gasteiger partial charge is 0.324 e. The summed E-state index contributed by atoms with van der Waals surface area (Å²) in [5.74, 6) is -1.92. The Morgan fingerprint density at radius 2 is 2.00 bits per heavy atom. The molecule has 8 heteroatoms. The van der Waals surface area contributed by atoms with Gasteiger partial charge in [-0.25, -0.2) is 0 Å². The SMILES string of the molecule is C[C@@]1(N)CCN(Cc2cccc3c2C(=O)N(C2CCC(=O)NC2=O)C3=O)C1. The Balaban J connectivity index is 1.62. The Hall–Kier alpha value is -2.58. The van der Waals surface area contributed by atoms with E-state index >= 15 is 0 Å². The summed E-state index contributed by atoms with van der Waals surface area (Å²) < 4.78 is 0. The number of hydrogen-bond donors (Lipinski definition) is 2. The molecule has 0 aliphatic carbocycles. The molecule has 1 aromatic rings. The van der Waals surface area contributed by atoms with Gasteiger partial charge in [0.05, 0.1) is 11.1 Å². The molecule has 0 saturated carbocycles. The maximum Gasteiger partial charge on any atom is 0.262 e. The maximum atomic E-state index is 13.1. The Bertz CT molecular complexity index is 863. The molecule has 3 aliphatic rings. The number of amides is 4. The minimum Gasteiger partial charge on any atom is -0.324 e. The third-order valence-corrected chi connectivity index (χ3v) is 5.53. The number of hydrogen-bond acceptors (Lipinski definition) is 6. The number of carbonyl (C=O) groups excluding carboxylic acids is 4. The predicted molar refractivity (Wildman–Crippen MR) is 95.6 cm³/mol. The van der Waals surface area contributed by atoms with E-state index in [0.717, 1.165) is 30.0 Å². The van der Waals surface area contributed by atoms with E-state index in [4.69, 9.17) is 5.73 Å². The second-order valence-electron chi connectivity index (χ2n) is 7.90. The molecule has 142 valence electrons. The molecule has 2 atom stereocenters. The Morgan fingerprint density at radius 1 is 1.22 bits per heavy atom. The minimum atomic E-state index is -0.943. The average Bonchev–Trinajstić information content (AvgIpc) is 3.06. The predicted octanol–water partition coefficient (Wildman–Crippen LogP) is 0.0109. The molecule has 3 N–H and O–H groups in total. The van der Waals surface area contributed by atoms with Crippen molar-refractivity contribution in [1.29, 1.82) is 0 Å². The molecule has 1 aromatic carbocycles. The maximum absolute atomic E-state index is 13.1. The average molecular weight is 370 g/mol. The number of nitrogens with two attached hydrogens (primary N) is 1. The van der Waals surface area contributed by atoms with Crippen molar-refractivity contribution in [2.24, 2.45) is 5.73 Å². The highest BCUT2D eigenvalue weighted by Crippen LogP contribution is 2.31. The summed E-state index contributed by atoms with van der Waals surface area (Å²) >= 11 is 0. The van der Waals surface area contributed by atoms with Gasteiger partial charge in [0.25, 0.3) is 11.8 Å². The van der Waals surface area contributed by atoms with Crippen molar-refractivity contribution >= 4 is 23.6 Å². The summed E-state index contributed by atoms with van der Waals surface area (Å²) in [5.41, 5.74) is 7.37. The van der Waals surface area contributed by atoms with Gasteiger partial charge in [0.15, 0.2) is 0 Å². The van der Waals surface area contributed by atoms with Gasteiger partial charge in [0.2, 0.25) is 11.8 Å². The summed E-state index contributed by atoms with van der Waals surface area (Å²) in [6.07, 6.45) is 1.14. The van der Waals surface area contributed by atoms with Crippen LogP contribution in [0.15, 0.2) is 18.2 Å². The smallest absolute Gasteiger partial charge is 0.262 e. The normalized spacial score (nSPS) is 28.7. The van der Waals surface area contributed by atoms with Gasteiger partial charge in [-0.15, -0.1) is 0 Å². The standard InChI is InChI=1S/C19H22N4O4/c1-19(20)7-8-22(10-19)9-11-3-2-4-12-15(11)18(27)23(17(12)26)13-5-6-14(24)21-16(13)25/h2-4,13H,5-10,20H2,1H3,(H,21,24,25)/t13?,19-/m1/s1. The van der Waals surface area contributed by atoms with Crippen molar-refractivity contribution in [3.63, 3.8) is 0 Å². The highest BCUT2D eigenvalue weighted by molar-refractivity contribution is 6.24. The van der Waals surface area contributed by atoms with E-state index in [-0.39, 0.29) is 24.3 Å². The molecular formula is C19H22N4O4. The Kier molecular flexibility index (Phi) is 4.12. The van der Waals surface area contributed by atoms with Gasteiger partial charge in [0.1, 0.15) is 6.04 Å². The number of likely N-dealkylation sites (tertiary alicyclic amines) is 1. The fourth-order valence-electron chi connectivity index (χ4n) is 4.17. The first-order chi connectivity index (χ1) is 12.8. The van der Waals surface area contributed by atoms with E-state index in [0.29, 0.717) is 17.7 Å². The summed E-state index contributed by atoms with van der Waals surface area (Å²) in [7, 11) is 0. The molecular weight excluding hydrogens is 348 g/mol. The van der Waals surface area contributed by atoms with Crippen LogP contribution in [0.1, 0.15) is 52.5 Å². The van der Waals surface area contributed by atoms with Crippen LogP contribution < -0.4 is 11.1 Å². The highest BCUT2D eigenvalue weighted by Gasteiger charge is 2.45. The van der Waals surface area contributed by atoms with Gasteiger partial charge < -0.3 is 5.73 Å². The van der Waals surface area contributed by atoms with Gasteiger partial charge in [0, 0.05) is 31.6 Å². The summed E-state index contributed by atoms with van der Waals surface area (Å²) in [6, 6.07) is 4.26. The summed E-state index contributed by atoms with van der Waals surface area (Å²) in [5, 5.41) is 2.21. The van der Waals surface area contributed by atoms with Crippen LogP contribution in [0.3, 0.4) is 0 Å². The van der Waals surface area contributed by atoms with Crippen LogP contribution in [0.25, 0.3) is 0 Å². The highest BCUT2D eigenvalue weighted by atomic mass is 16.2. The topological polar surface area (TPSA) is 113 Å². The summed E-state index contributed by atoms with van der Waals surface area (Å²) in [4.78, 5) is 52.6. The molecule has 8 nitrogen and oxygen atoms in total. The molecule has 1 unspecified atom stereocenters. The van der Waals surface area contributed by atoms with E-state index in [9.17, 15) is 19.2 Å². The number of piperidine rings is 1. The third-order valence-electron chi connectivity index (χ3n) is 5.53. The van der Waals surface area contributed by atoms with Crippen LogP contribution in [0, 0.1) is 0 Å². The van der Waals surface area contributed by atoms with E-state index in [1.165, 1.54) is 0 Å². The van der Waals surface area contributed by atoms with Crippen molar-refractivity contribution in [2.45, 2.75) is 44.3 Å². The zero-order chi connectivity index (χ0) is 19.3. The molecule has 0 aromatic heterocycles. The van der Waals surface area contributed by atoms with E-state index in [2.05, 4.69) is 10.2 Å². The first-order valence-electron chi connectivity index (χ1n) is 9.11. The van der Waals surface area contributed by atoms with E-state index in [1.807, 2.05) is 13.0 Å². The van der Waals surface area contributed by atoms with Crippen molar-refractivity contribution < 1.29 is 19.2 Å². The molecule has 2 saturated heterocycles. The van der Waals surface area contributed by atoms with Crippen molar-refractivity contribution in [3.05, 3.63) is 34.9 Å². The van der Waals surface area contributed by atoms with E-state index < -0.39 is 23.8 Å². The van der Waals surface area contributed by atoms with Crippen LogP contribution >= 0.6 is 0 Å². The molecule has 4 rings (SSSR count). The minimum absolute atomic E-state index is 0.111. The zero-order valence-corrected chi connectivity index (χ0v) is 15.2. The molecule has 0 bridgehead atoms. The third kappa shape index (κ3) is 3.04. The van der Waals surface area contributed by atoms with Crippen molar-refractivity contribution in [3.8, 4) is 0 Å². The lowest BCUT2D eigenvalue weighted by Gasteiger charge is -2.28. The van der Waals surface area contributed by atoms with Gasteiger partial charge in [-0.05, 0) is 31.4 Å². The number of imide groups is 2. The van der Waals surface area contributed by atoms with Crippen LogP contribution in [-0.2, 0) is 16.1 Å². The number of nitrogens with zero attached hydrogens (tertiary/aromatic N) is 2. The van der Waals surface area contributed by atoms with Gasteiger partial charge in [-0.3, -0.25) is 34.3 Å². The Morgan fingerprint density at radius 3 is 2.67 bits per heavy atom. The van der Waals surface area contributed by atoms with Gasteiger partial charge >= 0.3 is 0 Å². The molecule has 0 radical (unpaired) electrons. The molecule has 0 spiro atoms. The number of carbonyl (C=O) groups is 4. The fourth-order valence-corrected chi connectivity index (χ4v) is 4.17. The second kappa shape index (κ2) is 6.24. The van der Waals surface area contributed by atoms with Crippen molar-refractivity contribution in [1.82, 2.24) is 15.1 Å². The number of nitrogens with one attached hydrogen (secondary N) is 1. The molecule has 2 fully saturated rings. The van der Waals surface area contributed by atoms with Gasteiger partial charge in [-0.1, -0.05) is 12.1 Å². The van der Waals surface area contributed by atoms with Crippen LogP contribution in [0.2, 0.25) is 0 Å². The monoisotopic (exact) mass is 370 g/mol. The Labute approximate surface area is 156 Å². The van der Waals surface area contributed by atoms with Crippen LogP contribution in [0.4, 0.5) is 0 Å².